The normalized spacial score (nSPS) is 10.7. The van der Waals surface area contributed by atoms with Gasteiger partial charge >= 0.3 is 5.97 Å². The molecular weight excluding hydrogens is 222 g/mol. The summed E-state index contributed by atoms with van der Waals surface area (Å²) < 4.78 is 6.50. The summed E-state index contributed by atoms with van der Waals surface area (Å²) in [7, 11) is 0. The fraction of sp³-hybridized carbons (Fsp3) is 0.364. The van der Waals surface area contributed by atoms with E-state index in [2.05, 4.69) is 9.97 Å². The summed E-state index contributed by atoms with van der Waals surface area (Å²) in [5.41, 5.74) is 1.12. The van der Waals surface area contributed by atoms with Crippen LogP contribution in [0.3, 0.4) is 0 Å². The molecule has 0 radical (unpaired) electrons. The minimum atomic E-state index is -0.457. The molecule has 0 aliphatic rings. The SMILES string of the molecule is CCOC(=O)c1cn2cc(CCO)cnc2n1. The first-order chi connectivity index (χ1) is 8.24. The summed E-state index contributed by atoms with van der Waals surface area (Å²) in [5, 5.41) is 8.83. The zero-order valence-corrected chi connectivity index (χ0v) is 9.46. The van der Waals surface area contributed by atoms with Crippen LogP contribution in [-0.2, 0) is 11.2 Å². The van der Waals surface area contributed by atoms with Gasteiger partial charge in [0.1, 0.15) is 0 Å². The minimum Gasteiger partial charge on any atom is -0.461 e. The second-order valence-electron chi connectivity index (χ2n) is 3.49. The number of aliphatic hydroxyl groups excluding tert-OH is 1. The molecule has 0 aliphatic heterocycles. The third-order valence-corrected chi connectivity index (χ3v) is 2.25. The van der Waals surface area contributed by atoms with Crippen LogP contribution in [0, 0.1) is 0 Å². The van der Waals surface area contributed by atoms with E-state index in [4.69, 9.17) is 9.84 Å². The Labute approximate surface area is 97.9 Å². The van der Waals surface area contributed by atoms with Gasteiger partial charge in [0.25, 0.3) is 0 Å². The number of rotatable bonds is 4. The van der Waals surface area contributed by atoms with Crippen molar-refractivity contribution in [2.24, 2.45) is 0 Å². The lowest BCUT2D eigenvalue weighted by Gasteiger charge is -1.97. The summed E-state index contributed by atoms with van der Waals surface area (Å²) in [5.74, 6) is -0.0172. The molecule has 0 atom stereocenters. The molecule has 0 fully saturated rings. The van der Waals surface area contributed by atoms with E-state index in [9.17, 15) is 4.79 Å². The molecule has 0 aliphatic carbocycles. The molecular formula is C11H13N3O3. The number of imidazole rings is 1. The Bertz CT molecular complexity index is 536. The van der Waals surface area contributed by atoms with Gasteiger partial charge in [-0.25, -0.2) is 14.8 Å². The average Bonchev–Trinajstić information content (AvgIpc) is 2.73. The number of aliphatic hydroxyl groups is 1. The van der Waals surface area contributed by atoms with Gasteiger partial charge < -0.3 is 9.84 Å². The molecule has 0 amide bonds. The van der Waals surface area contributed by atoms with Crippen molar-refractivity contribution in [1.29, 1.82) is 0 Å². The summed E-state index contributed by atoms with van der Waals surface area (Å²) in [4.78, 5) is 19.6. The van der Waals surface area contributed by atoms with Crippen LogP contribution in [0.25, 0.3) is 5.78 Å². The van der Waals surface area contributed by atoms with Crippen LogP contribution in [0.4, 0.5) is 0 Å². The topological polar surface area (TPSA) is 76.7 Å². The van der Waals surface area contributed by atoms with Gasteiger partial charge in [-0.1, -0.05) is 0 Å². The van der Waals surface area contributed by atoms with Crippen molar-refractivity contribution in [3.63, 3.8) is 0 Å². The van der Waals surface area contributed by atoms with Crippen LogP contribution in [-0.4, -0.2) is 38.7 Å². The molecule has 2 heterocycles. The molecule has 6 nitrogen and oxygen atoms in total. The van der Waals surface area contributed by atoms with Crippen molar-refractivity contribution in [3.8, 4) is 0 Å². The third-order valence-electron chi connectivity index (χ3n) is 2.25. The van der Waals surface area contributed by atoms with Crippen LogP contribution >= 0.6 is 0 Å². The van der Waals surface area contributed by atoms with Crippen molar-refractivity contribution >= 4 is 11.7 Å². The maximum atomic E-state index is 11.5. The van der Waals surface area contributed by atoms with Gasteiger partial charge in [0.05, 0.1) is 6.61 Å². The zero-order chi connectivity index (χ0) is 12.3. The number of nitrogens with zero attached hydrogens (tertiary/aromatic N) is 3. The Hall–Kier alpha value is -1.95. The number of aromatic nitrogens is 3. The number of carbonyl (C=O) groups is 1. The molecule has 90 valence electrons. The highest BCUT2D eigenvalue weighted by Gasteiger charge is 2.12. The highest BCUT2D eigenvalue weighted by atomic mass is 16.5. The first-order valence-electron chi connectivity index (χ1n) is 5.36. The van der Waals surface area contributed by atoms with E-state index in [1.54, 1.807) is 29.9 Å². The molecule has 0 saturated heterocycles. The number of hydrogen-bond donors (Lipinski definition) is 1. The minimum absolute atomic E-state index is 0.0621. The second-order valence-corrected chi connectivity index (χ2v) is 3.49. The van der Waals surface area contributed by atoms with E-state index >= 15 is 0 Å². The van der Waals surface area contributed by atoms with Gasteiger partial charge in [-0.05, 0) is 18.9 Å². The molecule has 17 heavy (non-hydrogen) atoms. The van der Waals surface area contributed by atoms with E-state index in [0.29, 0.717) is 18.8 Å². The van der Waals surface area contributed by atoms with Crippen molar-refractivity contribution in [3.05, 3.63) is 29.8 Å². The highest BCUT2D eigenvalue weighted by molar-refractivity contribution is 5.87. The smallest absolute Gasteiger partial charge is 0.358 e. The summed E-state index contributed by atoms with van der Waals surface area (Å²) in [6, 6.07) is 0. The zero-order valence-electron chi connectivity index (χ0n) is 9.46. The van der Waals surface area contributed by atoms with Gasteiger partial charge in [0.15, 0.2) is 5.69 Å². The molecule has 2 rings (SSSR count). The Balaban J connectivity index is 2.33. The summed E-state index contributed by atoms with van der Waals surface area (Å²) in [6.45, 7) is 2.12. The number of esters is 1. The van der Waals surface area contributed by atoms with Crippen molar-refractivity contribution in [1.82, 2.24) is 14.4 Å². The molecule has 0 unspecified atom stereocenters. The van der Waals surface area contributed by atoms with E-state index in [-0.39, 0.29) is 12.3 Å². The predicted molar refractivity (Wildman–Crippen MR) is 59.7 cm³/mol. The van der Waals surface area contributed by atoms with E-state index in [1.807, 2.05) is 0 Å². The molecule has 2 aromatic heterocycles. The van der Waals surface area contributed by atoms with Crippen molar-refractivity contribution < 1.29 is 14.6 Å². The first kappa shape index (κ1) is 11.5. The summed E-state index contributed by atoms with van der Waals surface area (Å²) >= 11 is 0. The number of ether oxygens (including phenoxy) is 1. The largest absolute Gasteiger partial charge is 0.461 e. The van der Waals surface area contributed by atoms with E-state index in [0.717, 1.165) is 5.56 Å². The Morgan fingerprint density at radius 1 is 1.53 bits per heavy atom. The van der Waals surface area contributed by atoms with Gasteiger partial charge in [-0.3, -0.25) is 4.40 Å². The third kappa shape index (κ3) is 2.42. The standard InChI is InChI=1S/C11H13N3O3/c1-2-17-10(16)9-7-14-6-8(3-4-15)5-12-11(14)13-9/h5-7,15H,2-4H2,1H3. The van der Waals surface area contributed by atoms with Crippen LogP contribution in [0.5, 0.6) is 0 Å². The molecule has 0 saturated carbocycles. The Morgan fingerprint density at radius 2 is 2.35 bits per heavy atom. The quantitative estimate of drug-likeness (QED) is 0.778. The van der Waals surface area contributed by atoms with E-state index < -0.39 is 5.97 Å². The maximum Gasteiger partial charge on any atom is 0.358 e. The fourth-order valence-corrected chi connectivity index (χ4v) is 1.49. The lowest BCUT2D eigenvalue weighted by Crippen LogP contribution is -2.04. The van der Waals surface area contributed by atoms with Crippen LogP contribution in [0.1, 0.15) is 23.0 Å². The van der Waals surface area contributed by atoms with Gasteiger partial charge in [-0.2, -0.15) is 0 Å². The Morgan fingerprint density at radius 3 is 3.06 bits per heavy atom. The highest BCUT2D eigenvalue weighted by Crippen LogP contribution is 2.06. The van der Waals surface area contributed by atoms with Gasteiger partial charge in [0.2, 0.25) is 5.78 Å². The molecule has 2 aromatic rings. The monoisotopic (exact) mass is 235 g/mol. The molecule has 1 N–H and O–H groups in total. The molecule has 6 heteroatoms. The molecule has 0 spiro atoms. The molecule has 0 aromatic carbocycles. The van der Waals surface area contributed by atoms with Crippen molar-refractivity contribution in [2.75, 3.05) is 13.2 Å². The number of fused-ring (bicyclic) bond motifs is 1. The maximum absolute atomic E-state index is 11.5. The molecule has 0 bridgehead atoms. The lowest BCUT2D eigenvalue weighted by atomic mass is 10.2. The van der Waals surface area contributed by atoms with Crippen LogP contribution in [0.15, 0.2) is 18.6 Å². The fourth-order valence-electron chi connectivity index (χ4n) is 1.49. The first-order valence-corrected chi connectivity index (χ1v) is 5.36. The van der Waals surface area contributed by atoms with Gasteiger partial charge in [0, 0.05) is 25.2 Å². The van der Waals surface area contributed by atoms with Crippen molar-refractivity contribution in [2.45, 2.75) is 13.3 Å². The number of carbonyl (C=O) groups excluding carboxylic acids is 1. The van der Waals surface area contributed by atoms with Crippen LogP contribution < -0.4 is 0 Å². The summed E-state index contributed by atoms with van der Waals surface area (Å²) in [6.07, 6.45) is 5.51. The van der Waals surface area contributed by atoms with Crippen LogP contribution in [0.2, 0.25) is 0 Å². The second kappa shape index (κ2) is 4.92. The predicted octanol–water partition coefficient (Wildman–Crippen LogP) is 0.441. The van der Waals surface area contributed by atoms with E-state index in [1.165, 1.54) is 0 Å². The Kier molecular flexibility index (Phi) is 3.34. The van der Waals surface area contributed by atoms with Gasteiger partial charge in [-0.15, -0.1) is 0 Å². The number of hydrogen-bond acceptors (Lipinski definition) is 5. The lowest BCUT2D eigenvalue weighted by molar-refractivity contribution is 0.0520. The average molecular weight is 235 g/mol.